The lowest BCUT2D eigenvalue weighted by Gasteiger charge is -2.31. The summed E-state index contributed by atoms with van der Waals surface area (Å²) >= 11 is 0. The smallest absolute Gasteiger partial charge is 0.297 e. The van der Waals surface area contributed by atoms with E-state index in [0.29, 0.717) is 19.4 Å². The number of hydrogen-bond donors (Lipinski definition) is 1. The molecular formula is C24H30F2N4O4. The third kappa shape index (κ3) is 5.25. The number of ether oxygens (including phenoxy) is 3. The molecule has 1 heterocycles. The lowest BCUT2D eigenvalue weighted by molar-refractivity contribution is -0.120. The molecule has 8 nitrogen and oxygen atoms in total. The molecule has 0 saturated heterocycles. The van der Waals surface area contributed by atoms with Gasteiger partial charge in [-0.3, -0.25) is 9.36 Å². The molecule has 184 valence electrons. The van der Waals surface area contributed by atoms with Crippen LogP contribution in [0.15, 0.2) is 6.07 Å². The minimum atomic E-state index is -0.688. The summed E-state index contributed by atoms with van der Waals surface area (Å²) in [5.41, 5.74) is -0.111. The number of benzene rings is 1. The van der Waals surface area contributed by atoms with Crippen LogP contribution in [0.25, 0.3) is 11.0 Å². The zero-order valence-electron chi connectivity index (χ0n) is 19.6. The van der Waals surface area contributed by atoms with Gasteiger partial charge in [0.1, 0.15) is 23.2 Å². The molecule has 2 aromatic rings. The monoisotopic (exact) mass is 476 g/mol. The lowest BCUT2D eigenvalue weighted by Crippen LogP contribution is -2.37. The van der Waals surface area contributed by atoms with Gasteiger partial charge in [0.2, 0.25) is 5.91 Å². The van der Waals surface area contributed by atoms with E-state index in [0.717, 1.165) is 31.7 Å². The number of halogens is 2. The van der Waals surface area contributed by atoms with Gasteiger partial charge < -0.3 is 19.5 Å². The number of nitriles is 1. The van der Waals surface area contributed by atoms with Gasteiger partial charge in [0.15, 0.2) is 17.4 Å². The van der Waals surface area contributed by atoms with Crippen molar-refractivity contribution in [2.75, 3.05) is 6.61 Å². The minimum absolute atomic E-state index is 0.00913. The molecule has 0 bridgehead atoms. The molecule has 1 atom stereocenters. The largest absolute Gasteiger partial charge is 0.487 e. The van der Waals surface area contributed by atoms with E-state index in [9.17, 15) is 9.18 Å². The Morgan fingerprint density at radius 2 is 1.91 bits per heavy atom. The summed E-state index contributed by atoms with van der Waals surface area (Å²) in [5.74, 6) is -1.73. The van der Waals surface area contributed by atoms with E-state index in [4.69, 9.17) is 19.5 Å². The van der Waals surface area contributed by atoms with Crippen molar-refractivity contribution in [1.29, 1.82) is 5.26 Å². The van der Waals surface area contributed by atoms with E-state index in [1.807, 2.05) is 6.92 Å². The fraction of sp³-hybridized carbons (Fsp3) is 0.625. The van der Waals surface area contributed by atoms with Crippen LogP contribution in [-0.2, 0) is 16.6 Å². The van der Waals surface area contributed by atoms with Crippen LogP contribution >= 0.6 is 0 Å². The second kappa shape index (κ2) is 10.1. The number of carbonyl (C=O) groups is 1. The first kappa shape index (κ1) is 24.2. The number of aromatic nitrogens is 2. The topological polar surface area (TPSA) is 98.4 Å². The highest BCUT2D eigenvalue weighted by Crippen LogP contribution is 2.36. The van der Waals surface area contributed by atoms with Gasteiger partial charge in [-0.15, -0.1) is 0 Å². The molecular weight excluding hydrogens is 446 g/mol. The second-order valence-electron chi connectivity index (χ2n) is 9.31. The molecule has 0 spiro atoms. The van der Waals surface area contributed by atoms with E-state index in [1.54, 1.807) is 7.05 Å². The van der Waals surface area contributed by atoms with Crippen molar-refractivity contribution in [1.82, 2.24) is 14.9 Å². The number of rotatable bonds is 8. The Bertz CT molecular complexity index is 1090. The molecule has 1 aromatic heterocycles. The Morgan fingerprint density at radius 1 is 1.24 bits per heavy atom. The van der Waals surface area contributed by atoms with Crippen molar-refractivity contribution in [2.45, 2.75) is 76.7 Å². The summed E-state index contributed by atoms with van der Waals surface area (Å²) in [6.07, 6.45) is 3.69. The van der Waals surface area contributed by atoms with Crippen LogP contribution < -0.4 is 14.8 Å². The zero-order chi connectivity index (χ0) is 24.4. The Kier molecular flexibility index (Phi) is 7.22. The number of nitrogens with zero attached hydrogens (tertiary/aromatic N) is 3. The average molecular weight is 477 g/mol. The highest BCUT2D eigenvalue weighted by atomic mass is 19.1. The predicted octanol–water partition coefficient (Wildman–Crippen LogP) is 3.76. The number of imidazole rings is 1. The number of hydrogen-bond acceptors (Lipinski definition) is 6. The maximum atomic E-state index is 15.2. The molecule has 0 aliphatic heterocycles. The van der Waals surface area contributed by atoms with Gasteiger partial charge in [-0.25, -0.2) is 8.78 Å². The predicted molar refractivity (Wildman–Crippen MR) is 119 cm³/mol. The van der Waals surface area contributed by atoms with Gasteiger partial charge in [-0.1, -0.05) is 0 Å². The van der Waals surface area contributed by atoms with Gasteiger partial charge in [-0.05, 0) is 32.6 Å². The molecule has 1 amide bonds. The second-order valence-corrected chi connectivity index (χ2v) is 9.31. The summed E-state index contributed by atoms with van der Waals surface area (Å²) < 4.78 is 48.8. The minimum Gasteiger partial charge on any atom is -0.487 e. The molecule has 0 radical (unpaired) electrons. The number of amides is 1. The zero-order valence-corrected chi connectivity index (χ0v) is 19.6. The summed E-state index contributed by atoms with van der Waals surface area (Å²) in [6.45, 7) is 3.82. The van der Waals surface area contributed by atoms with Crippen LogP contribution in [0.5, 0.6) is 11.8 Å². The quantitative estimate of drug-likeness (QED) is 0.623. The Morgan fingerprint density at radius 3 is 2.56 bits per heavy atom. The van der Waals surface area contributed by atoms with Gasteiger partial charge in [0.05, 0.1) is 24.7 Å². The van der Waals surface area contributed by atoms with E-state index < -0.39 is 11.6 Å². The van der Waals surface area contributed by atoms with Crippen LogP contribution in [0.1, 0.15) is 52.4 Å². The maximum absolute atomic E-state index is 15.2. The van der Waals surface area contributed by atoms with Crippen LogP contribution in [0.3, 0.4) is 0 Å². The van der Waals surface area contributed by atoms with E-state index in [1.165, 1.54) is 11.5 Å². The third-order valence-corrected chi connectivity index (χ3v) is 6.46. The van der Waals surface area contributed by atoms with Gasteiger partial charge in [0, 0.05) is 38.9 Å². The van der Waals surface area contributed by atoms with Crippen molar-refractivity contribution in [3.05, 3.63) is 17.7 Å². The van der Waals surface area contributed by atoms with E-state index >= 15 is 4.39 Å². The Labute approximate surface area is 197 Å². The van der Waals surface area contributed by atoms with Crippen molar-refractivity contribution in [3.8, 4) is 17.8 Å². The van der Waals surface area contributed by atoms with Crippen LogP contribution in [-0.4, -0.2) is 46.4 Å². The van der Waals surface area contributed by atoms with Gasteiger partial charge in [0.25, 0.3) is 6.01 Å². The molecule has 0 unspecified atom stereocenters. The number of fused-ring (bicyclic) bond motifs is 1. The van der Waals surface area contributed by atoms with Crippen LogP contribution in [0.4, 0.5) is 8.78 Å². The molecule has 2 aliphatic rings. The number of carbonyl (C=O) groups excluding carboxylic acids is 1. The highest BCUT2D eigenvalue weighted by Gasteiger charge is 2.33. The van der Waals surface area contributed by atoms with Crippen molar-refractivity contribution in [2.24, 2.45) is 13.0 Å². The van der Waals surface area contributed by atoms with E-state index in [2.05, 4.69) is 16.4 Å². The van der Waals surface area contributed by atoms with Crippen molar-refractivity contribution < 1.29 is 27.8 Å². The third-order valence-electron chi connectivity index (χ3n) is 6.46. The molecule has 10 heteroatoms. The first-order valence-corrected chi connectivity index (χ1v) is 11.7. The van der Waals surface area contributed by atoms with Crippen LogP contribution in [0.2, 0.25) is 0 Å². The SMILES string of the molecule is CC(=O)N[C@@H](C)COC1CCC(Oc2nc3c(F)cc(OC4CC(C#N)C4)c(F)c3n2C)CC1. The summed E-state index contributed by atoms with van der Waals surface area (Å²) in [5, 5.41) is 11.7. The fourth-order valence-corrected chi connectivity index (χ4v) is 4.53. The van der Waals surface area contributed by atoms with Gasteiger partial charge >= 0.3 is 0 Å². The number of nitrogens with one attached hydrogen (secondary N) is 1. The first-order chi connectivity index (χ1) is 16.2. The van der Waals surface area contributed by atoms with Gasteiger partial charge in [-0.2, -0.15) is 10.2 Å². The Balaban J connectivity index is 1.37. The maximum Gasteiger partial charge on any atom is 0.297 e. The first-order valence-electron chi connectivity index (χ1n) is 11.7. The lowest BCUT2D eigenvalue weighted by atomic mass is 9.83. The van der Waals surface area contributed by atoms with E-state index in [-0.39, 0.29) is 59.0 Å². The normalized spacial score (nSPS) is 25.3. The molecule has 2 aliphatic carbocycles. The fourth-order valence-electron chi connectivity index (χ4n) is 4.53. The Hall–Kier alpha value is -2.93. The highest BCUT2D eigenvalue weighted by molar-refractivity contribution is 5.80. The molecule has 1 N–H and O–H groups in total. The molecule has 4 rings (SSSR count). The van der Waals surface area contributed by atoms with Crippen molar-refractivity contribution >= 4 is 16.9 Å². The number of aryl methyl sites for hydroxylation is 1. The standard InChI is InChI=1S/C24H30F2N4O4/c1-13(28-14(2)31)12-32-16-4-6-17(7-5-16)34-24-29-22-19(25)10-20(21(26)23(22)30(24)3)33-18-8-15(9-18)11-27/h10,13,15-18H,4-9,12H2,1-3H3,(H,28,31)/t13-,15?,16?,17?,18?/m0/s1. The molecule has 2 saturated carbocycles. The molecule has 2 fully saturated rings. The molecule has 34 heavy (non-hydrogen) atoms. The summed E-state index contributed by atoms with van der Waals surface area (Å²) in [4.78, 5) is 15.3. The van der Waals surface area contributed by atoms with Crippen molar-refractivity contribution in [3.63, 3.8) is 0 Å². The molecule has 1 aromatic carbocycles. The average Bonchev–Trinajstić information content (AvgIpc) is 3.09. The van der Waals surface area contributed by atoms with Crippen LogP contribution in [0, 0.1) is 28.9 Å². The summed E-state index contributed by atoms with van der Waals surface area (Å²) in [6, 6.07) is 3.26. The summed E-state index contributed by atoms with van der Waals surface area (Å²) in [7, 11) is 1.59.